The van der Waals surface area contributed by atoms with Gasteiger partial charge in [-0.3, -0.25) is 9.59 Å². The number of halogens is 2. The summed E-state index contributed by atoms with van der Waals surface area (Å²) in [5.74, 6) is 0.537. The molecule has 3 fully saturated rings. The third-order valence-electron chi connectivity index (χ3n) is 6.64. The van der Waals surface area contributed by atoms with Gasteiger partial charge in [0, 0.05) is 38.4 Å². The van der Waals surface area contributed by atoms with Crippen molar-refractivity contribution < 1.29 is 9.59 Å². The molecule has 0 aromatic heterocycles. The number of hydrogen-bond acceptors (Lipinski definition) is 4. The highest BCUT2D eigenvalue weighted by Gasteiger charge is 2.49. The lowest BCUT2D eigenvalue weighted by Gasteiger charge is -2.38. The van der Waals surface area contributed by atoms with E-state index in [4.69, 9.17) is 0 Å². The molecular weight excluding hydrogens is 411 g/mol. The van der Waals surface area contributed by atoms with E-state index in [9.17, 15) is 9.59 Å². The smallest absolute Gasteiger partial charge is 0.242 e. The Labute approximate surface area is 185 Å². The maximum absolute atomic E-state index is 12.9. The van der Waals surface area contributed by atoms with Gasteiger partial charge in [0.05, 0.1) is 12.0 Å². The number of benzene rings is 1. The number of nitrogens with one attached hydrogen (secondary N) is 2. The number of anilines is 1. The van der Waals surface area contributed by atoms with Crippen LogP contribution in [-0.2, 0) is 9.59 Å². The predicted octanol–water partition coefficient (Wildman–Crippen LogP) is 2.07. The molecule has 162 valence electrons. The van der Waals surface area contributed by atoms with Gasteiger partial charge in [-0.05, 0) is 37.4 Å². The van der Waals surface area contributed by atoms with Crippen molar-refractivity contribution in [1.29, 1.82) is 0 Å². The largest absolute Gasteiger partial charge is 0.368 e. The molecule has 3 aliphatic rings. The Kier molecular flexibility index (Phi) is 8.61. The van der Waals surface area contributed by atoms with E-state index >= 15 is 0 Å². The highest BCUT2D eigenvalue weighted by molar-refractivity contribution is 5.88. The van der Waals surface area contributed by atoms with Crippen LogP contribution in [0.2, 0.25) is 0 Å². The van der Waals surface area contributed by atoms with Gasteiger partial charge >= 0.3 is 0 Å². The molecule has 6 nitrogen and oxygen atoms in total. The molecule has 8 heteroatoms. The average Bonchev–Trinajstić information content (AvgIpc) is 3.18. The van der Waals surface area contributed by atoms with Crippen LogP contribution in [0.4, 0.5) is 5.69 Å². The SMILES string of the molecule is Cl.Cl.O=C(CNC(=O)[C@@]12CCCC[C@H]1CNC2)N1CCN(c2ccccc2)CC1. The maximum Gasteiger partial charge on any atom is 0.242 e. The average molecular weight is 443 g/mol. The van der Waals surface area contributed by atoms with E-state index < -0.39 is 0 Å². The second-order valence-corrected chi connectivity index (χ2v) is 8.12. The van der Waals surface area contributed by atoms with E-state index in [0.29, 0.717) is 19.0 Å². The topological polar surface area (TPSA) is 64.7 Å². The fraction of sp³-hybridized carbons (Fsp3) is 0.619. The summed E-state index contributed by atoms with van der Waals surface area (Å²) in [6.07, 6.45) is 4.39. The number of fused-ring (bicyclic) bond motifs is 1. The molecule has 2 atom stereocenters. The number of piperazine rings is 1. The van der Waals surface area contributed by atoms with Crippen molar-refractivity contribution in [2.24, 2.45) is 11.3 Å². The molecular formula is C21H32Cl2N4O2. The van der Waals surface area contributed by atoms with Crippen LogP contribution < -0.4 is 15.5 Å². The van der Waals surface area contributed by atoms with Crippen LogP contribution in [0.5, 0.6) is 0 Å². The normalized spacial score (nSPS) is 26.0. The first-order valence-corrected chi connectivity index (χ1v) is 10.3. The van der Waals surface area contributed by atoms with Gasteiger partial charge in [-0.2, -0.15) is 0 Å². The molecule has 1 aromatic rings. The van der Waals surface area contributed by atoms with Gasteiger partial charge in [0.25, 0.3) is 0 Å². The quantitative estimate of drug-likeness (QED) is 0.748. The summed E-state index contributed by atoms with van der Waals surface area (Å²) >= 11 is 0. The molecule has 0 bridgehead atoms. The van der Waals surface area contributed by atoms with E-state index in [1.807, 2.05) is 23.1 Å². The van der Waals surface area contributed by atoms with Gasteiger partial charge in [-0.15, -0.1) is 24.8 Å². The van der Waals surface area contributed by atoms with Crippen LogP contribution in [0.3, 0.4) is 0 Å². The zero-order valence-corrected chi connectivity index (χ0v) is 18.4. The molecule has 0 radical (unpaired) electrons. The predicted molar refractivity (Wildman–Crippen MR) is 120 cm³/mol. The minimum absolute atomic E-state index is 0. The van der Waals surface area contributed by atoms with Gasteiger partial charge in [0.2, 0.25) is 11.8 Å². The molecule has 2 heterocycles. The zero-order chi connectivity index (χ0) is 18.7. The number of hydrogen-bond donors (Lipinski definition) is 2. The van der Waals surface area contributed by atoms with Gasteiger partial charge < -0.3 is 20.4 Å². The number of carbonyl (C=O) groups is 2. The highest BCUT2D eigenvalue weighted by atomic mass is 35.5. The first kappa shape index (κ1) is 23.8. The van der Waals surface area contributed by atoms with Crippen molar-refractivity contribution in [3.8, 4) is 0 Å². The summed E-state index contributed by atoms with van der Waals surface area (Å²) in [5, 5.41) is 6.37. The van der Waals surface area contributed by atoms with E-state index in [2.05, 4.69) is 27.7 Å². The molecule has 1 aliphatic carbocycles. The zero-order valence-electron chi connectivity index (χ0n) is 16.8. The second-order valence-electron chi connectivity index (χ2n) is 8.12. The summed E-state index contributed by atoms with van der Waals surface area (Å²) in [7, 11) is 0. The fourth-order valence-corrected chi connectivity index (χ4v) is 4.99. The van der Waals surface area contributed by atoms with Crippen LogP contribution in [0, 0.1) is 11.3 Å². The Morgan fingerprint density at radius 2 is 1.79 bits per heavy atom. The van der Waals surface area contributed by atoms with Gasteiger partial charge in [0.15, 0.2) is 0 Å². The standard InChI is InChI=1S/C21H30N4O2.2ClH/c26-19(25-12-10-24(11-13-25)18-7-2-1-3-8-18)15-23-20(27)21-9-5-4-6-17(21)14-22-16-21;;/h1-3,7-8,17,22H,4-6,9-16H2,(H,23,27);2*1H/t17-,21+;;/m0../s1. The van der Waals surface area contributed by atoms with Gasteiger partial charge in [-0.1, -0.05) is 31.0 Å². The molecule has 4 rings (SSSR count). The second kappa shape index (κ2) is 10.5. The Bertz CT molecular complexity index is 683. The third-order valence-corrected chi connectivity index (χ3v) is 6.64. The van der Waals surface area contributed by atoms with Crippen LogP contribution in [-0.4, -0.2) is 62.5 Å². The van der Waals surface area contributed by atoms with Gasteiger partial charge in [0.1, 0.15) is 0 Å². The van der Waals surface area contributed by atoms with Gasteiger partial charge in [-0.25, -0.2) is 0 Å². The van der Waals surface area contributed by atoms with Crippen LogP contribution in [0.25, 0.3) is 0 Å². The minimum atomic E-state index is -0.287. The fourth-order valence-electron chi connectivity index (χ4n) is 4.99. The van der Waals surface area contributed by atoms with Crippen LogP contribution >= 0.6 is 24.8 Å². The molecule has 29 heavy (non-hydrogen) atoms. The van der Waals surface area contributed by atoms with E-state index in [1.54, 1.807) is 0 Å². The van der Waals surface area contributed by atoms with E-state index in [-0.39, 0.29) is 48.6 Å². The van der Waals surface area contributed by atoms with Crippen molar-refractivity contribution in [3.05, 3.63) is 30.3 Å². The maximum atomic E-state index is 12.9. The van der Waals surface area contributed by atoms with Crippen molar-refractivity contribution in [1.82, 2.24) is 15.5 Å². The lowest BCUT2D eigenvalue weighted by molar-refractivity contribution is -0.138. The number of rotatable bonds is 4. The number of amides is 2. The lowest BCUT2D eigenvalue weighted by atomic mass is 9.67. The first-order chi connectivity index (χ1) is 13.2. The van der Waals surface area contributed by atoms with E-state index in [0.717, 1.165) is 45.4 Å². The van der Waals surface area contributed by atoms with Crippen LogP contribution in [0.15, 0.2) is 30.3 Å². The molecule has 0 unspecified atom stereocenters. The summed E-state index contributed by atoms with van der Waals surface area (Å²) in [6, 6.07) is 10.3. The van der Waals surface area contributed by atoms with Crippen molar-refractivity contribution in [3.63, 3.8) is 0 Å². The number of nitrogens with zero attached hydrogens (tertiary/aromatic N) is 2. The summed E-state index contributed by atoms with van der Waals surface area (Å²) in [6.45, 7) is 4.89. The van der Waals surface area contributed by atoms with Crippen LogP contribution in [0.1, 0.15) is 25.7 Å². The number of para-hydroxylation sites is 1. The van der Waals surface area contributed by atoms with Crippen molar-refractivity contribution in [2.45, 2.75) is 25.7 Å². The molecule has 1 saturated carbocycles. The molecule has 0 spiro atoms. The Hall–Kier alpha value is -1.50. The Morgan fingerprint density at radius 3 is 2.52 bits per heavy atom. The van der Waals surface area contributed by atoms with Crippen molar-refractivity contribution in [2.75, 3.05) is 50.7 Å². The third kappa shape index (κ3) is 4.98. The highest BCUT2D eigenvalue weighted by Crippen LogP contribution is 2.43. The summed E-state index contributed by atoms with van der Waals surface area (Å²) in [4.78, 5) is 29.7. The van der Waals surface area contributed by atoms with E-state index in [1.165, 1.54) is 12.1 Å². The summed E-state index contributed by atoms with van der Waals surface area (Å²) in [5.41, 5.74) is 0.916. The molecule has 2 saturated heterocycles. The molecule has 2 N–H and O–H groups in total. The summed E-state index contributed by atoms with van der Waals surface area (Å²) < 4.78 is 0. The Morgan fingerprint density at radius 1 is 1.07 bits per heavy atom. The molecule has 2 amide bonds. The first-order valence-electron chi connectivity index (χ1n) is 10.3. The Balaban J connectivity index is 0.00000150. The lowest BCUT2D eigenvalue weighted by Crippen LogP contribution is -2.53. The minimum Gasteiger partial charge on any atom is -0.368 e. The number of carbonyl (C=O) groups excluding carboxylic acids is 2. The molecule has 1 aromatic carbocycles. The molecule has 2 aliphatic heterocycles. The van der Waals surface area contributed by atoms with Crippen molar-refractivity contribution >= 4 is 42.3 Å². The monoisotopic (exact) mass is 442 g/mol.